The number of hydrogen-bond donors (Lipinski definition) is 0. The van der Waals surface area contributed by atoms with Gasteiger partial charge in [0, 0.05) is 111 Å². The van der Waals surface area contributed by atoms with Crippen molar-refractivity contribution in [3.8, 4) is 136 Å². The van der Waals surface area contributed by atoms with E-state index in [4.69, 9.17) is 44.9 Å². The van der Waals surface area contributed by atoms with E-state index >= 15 is 0 Å². The molecule has 0 bridgehead atoms. The molecule has 6 aromatic heterocycles. The van der Waals surface area contributed by atoms with Gasteiger partial charge in [0.2, 0.25) is 0 Å². The van der Waals surface area contributed by atoms with Gasteiger partial charge in [0.05, 0.1) is 0 Å². The van der Waals surface area contributed by atoms with Crippen LogP contribution < -0.4 is 0 Å². The van der Waals surface area contributed by atoms with Crippen molar-refractivity contribution >= 4 is 191 Å². The molecule has 684 valence electrons. The van der Waals surface area contributed by atoms with E-state index in [1.54, 1.807) is 0 Å². The maximum absolute atomic E-state index is 5.26. The third kappa shape index (κ3) is 15.7. The Morgan fingerprint density at radius 1 is 0.122 bits per heavy atom. The minimum atomic E-state index is 0.653. The van der Waals surface area contributed by atoms with Gasteiger partial charge >= 0.3 is 0 Å². The number of aromatic nitrogens is 9. The molecule has 0 saturated heterocycles. The first kappa shape index (κ1) is 86.2. The van der Waals surface area contributed by atoms with E-state index in [-0.39, 0.29) is 0 Å². The maximum atomic E-state index is 5.26. The molecular weight excluding hydrogens is 1840 g/mol. The summed E-state index contributed by atoms with van der Waals surface area (Å²) >= 11 is 5.46. The number of thiophene rings is 3. The fourth-order valence-electron chi connectivity index (χ4n) is 21.3. The molecular formula is C135H81N9S3. The predicted octanol–water partition coefficient (Wildman–Crippen LogP) is 37.1. The lowest BCUT2D eigenvalue weighted by molar-refractivity contribution is 1.08. The van der Waals surface area contributed by atoms with E-state index in [2.05, 4.69) is 437 Å². The zero-order chi connectivity index (χ0) is 96.9. The standard InChI is InChI=1S/3C45H27N3S/c1-2-12-31(13-3-1)43-46-44(32-21-18-29(19-22-32)34-23-20-28-10-4-5-14-33(28)26-34)48-45(47-43)38-27-35-15-7-9-17-37(35)41-40-36-16-8-6-11-30(36)24-25-39(40)49-42(38)41;1-2-12-31(13-3-1)43-46-44(32-21-18-29(19-22-32)34-23-20-28-10-4-5-14-33(28)26-34)48-45(47-43)41-37-17-9-7-15-35(37)27-38-40-36-16-8-6-11-30(36)24-25-39(40)49-42(38)41;1-2-12-31(13-3-1)43-46-44(32-21-18-29(19-22-32)34-23-20-28-10-4-5-14-33(28)26-34)48-45(47-43)38-27-40-42(37-17-9-8-16-36(37)38)41-35-15-7-6-11-30(35)24-25-39(41)49-40/h3*1-27H. The van der Waals surface area contributed by atoms with E-state index < -0.39 is 0 Å². The lowest BCUT2D eigenvalue weighted by atomic mass is 9.96. The Bertz CT molecular complexity index is 10500. The van der Waals surface area contributed by atoms with Gasteiger partial charge < -0.3 is 0 Å². The van der Waals surface area contributed by atoms with Gasteiger partial charge in [0.15, 0.2) is 52.4 Å². The Morgan fingerprint density at radius 2 is 0.395 bits per heavy atom. The second-order valence-electron chi connectivity index (χ2n) is 37.3. The third-order valence-electron chi connectivity index (χ3n) is 28.5. The van der Waals surface area contributed by atoms with Gasteiger partial charge in [-0.2, -0.15) is 0 Å². The van der Waals surface area contributed by atoms with Crippen LogP contribution in [0, 0.1) is 0 Å². The third-order valence-corrected chi connectivity index (χ3v) is 32.0. The zero-order valence-electron chi connectivity index (χ0n) is 79.0. The lowest BCUT2D eigenvalue weighted by Gasteiger charge is -2.12. The number of rotatable bonds is 12. The molecule has 0 amide bonds. The topological polar surface area (TPSA) is 116 Å². The molecule has 147 heavy (non-hydrogen) atoms. The first-order valence-corrected chi connectivity index (χ1v) is 51.8. The van der Waals surface area contributed by atoms with Gasteiger partial charge in [-0.25, -0.2) is 44.9 Å². The summed E-state index contributed by atoms with van der Waals surface area (Å²) in [7, 11) is 0. The molecule has 30 aromatic rings. The predicted molar refractivity (Wildman–Crippen MR) is 621 cm³/mol. The van der Waals surface area contributed by atoms with Crippen LogP contribution in [0.4, 0.5) is 0 Å². The summed E-state index contributed by atoms with van der Waals surface area (Å²) in [5.41, 5.74) is 15.8. The monoisotopic (exact) mass is 1920 g/mol. The van der Waals surface area contributed by atoms with Crippen LogP contribution in [0.3, 0.4) is 0 Å². The summed E-state index contributed by atoms with van der Waals surface area (Å²) in [5, 5.41) is 29.7. The van der Waals surface area contributed by atoms with Gasteiger partial charge in [0.1, 0.15) is 0 Å². The van der Waals surface area contributed by atoms with Gasteiger partial charge in [-0.3, -0.25) is 0 Å². The molecule has 0 radical (unpaired) electrons. The molecule has 0 aliphatic carbocycles. The Kier molecular flexibility index (Phi) is 21.3. The van der Waals surface area contributed by atoms with Gasteiger partial charge in [-0.05, 0) is 185 Å². The van der Waals surface area contributed by atoms with Crippen molar-refractivity contribution in [3.05, 3.63) is 491 Å². The van der Waals surface area contributed by atoms with Crippen molar-refractivity contribution in [1.29, 1.82) is 0 Å². The first-order valence-electron chi connectivity index (χ1n) is 49.3. The molecule has 0 spiro atoms. The summed E-state index contributed by atoms with van der Waals surface area (Å²) < 4.78 is 7.40. The Hall–Kier alpha value is -18.7. The summed E-state index contributed by atoms with van der Waals surface area (Å²) in [5.74, 6) is 5.96. The summed E-state index contributed by atoms with van der Waals surface area (Å²) in [6.07, 6.45) is 0. The van der Waals surface area contributed by atoms with Crippen molar-refractivity contribution in [2.24, 2.45) is 0 Å². The van der Waals surface area contributed by atoms with Crippen molar-refractivity contribution < 1.29 is 0 Å². The van der Waals surface area contributed by atoms with Gasteiger partial charge in [0.25, 0.3) is 0 Å². The summed E-state index contributed by atoms with van der Waals surface area (Å²) in [4.78, 5) is 46.3. The smallest absolute Gasteiger partial charge is 0.166 e. The van der Waals surface area contributed by atoms with Crippen LogP contribution in [0.5, 0.6) is 0 Å². The number of hydrogen-bond acceptors (Lipinski definition) is 12. The van der Waals surface area contributed by atoms with Crippen molar-refractivity contribution in [2.45, 2.75) is 0 Å². The second-order valence-corrected chi connectivity index (χ2v) is 40.5. The molecule has 6 heterocycles. The highest BCUT2D eigenvalue weighted by atomic mass is 32.1. The molecule has 0 fully saturated rings. The maximum Gasteiger partial charge on any atom is 0.166 e. The summed E-state index contributed by atoms with van der Waals surface area (Å²) in [6, 6.07) is 174. The SMILES string of the molecule is c1ccc(-c2nc(-c3ccc(-c4ccc5ccccc5c4)cc3)nc(-c3c4ccccc4cc4c3sc3ccc5ccccc5c34)n2)cc1.c1ccc(-c2nc(-c3ccc(-c4ccc5ccccc5c4)cc3)nc(-c3cc4ccccc4c4c3sc3ccc5ccccc5c34)n2)cc1.c1ccc(-c2nc(-c3ccc(-c4ccc5ccccc5c4)cc3)nc(-c3cc4sc5ccc6ccccc6c5c4c4ccccc34)n2)cc1. The molecule has 30 rings (SSSR count). The molecule has 0 unspecified atom stereocenters. The van der Waals surface area contributed by atoms with E-state index in [0.717, 1.165) is 77.5 Å². The number of benzene rings is 24. The molecule has 0 N–H and O–H groups in total. The molecule has 12 heteroatoms. The molecule has 0 saturated carbocycles. The van der Waals surface area contributed by atoms with Crippen molar-refractivity contribution in [3.63, 3.8) is 0 Å². The molecule has 0 aliphatic rings. The average molecular weight is 1930 g/mol. The van der Waals surface area contributed by atoms with Crippen LogP contribution in [0.15, 0.2) is 491 Å². The van der Waals surface area contributed by atoms with E-state index in [1.165, 1.54) is 163 Å². The highest BCUT2D eigenvalue weighted by Crippen LogP contribution is 2.51. The number of fused-ring (bicyclic) bond motifs is 23. The Morgan fingerprint density at radius 3 is 0.823 bits per heavy atom. The van der Waals surface area contributed by atoms with Crippen LogP contribution in [0.1, 0.15) is 0 Å². The van der Waals surface area contributed by atoms with E-state index in [0.29, 0.717) is 52.4 Å². The van der Waals surface area contributed by atoms with Crippen LogP contribution >= 0.6 is 34.0 Å². The average Bonchev–Trinajstić information content (AvgIpc) is 1.57. The van der Waals surface area contributed by atoms with E-state index in [1.807, 2.05) is 88.6 Å². The first-order chi connectivity index (χ1) is 72.8. The second kappa shape index (κ2) is 36.4. The highest BCUT2D eigenvalue weighted by Gasteiger charge is 2.27. The minimum Gasteiger partial charge on any atom is -0.208 e. The van der Waals surface area contributed by atoms with Crippen LogP contribution in [-0.2, 0) is 0 Å². The number of nitrogens with zero attached hydrogens (tertiary/aromatic N) is 9. The largest absolute Gasteiger partial charge is 0.208 e. The quantitative estimate of drug-likeness (QED) is 0.118. The van der Waals surface area contributed by atoms with Crippen LogP contribution in [-0.4, -0.2) is 44.9 Å². The van der Waals surface area contributed by atoms with Crippen LogP contribution in [0.2, 0.25) is 0 Å². The summed E-state index contributed by atoms with van der Waals surface area (Å²) in [6.45, 7) is 0. The zero-order valence-corrected chi connectivity index (χ0v) is 81.5. The van der Waals surface area contributed by atoms with Gasteiger partial charge in [-0.1, -0.05) is 437 Å². The normalized spacial score (nSPS) is 11.7. The van der Waals surface area contributed by atoms with Crippen molar-refractivity contribution in [1.82, 2.24) is 44.9 Å². The molecule has 9 nitrogen and oxygen atoms in total. The highest BCUT2D eigenvalue weighted by molar-refractivity contribution is 7.27. The fraction of sp³-hybridized carbons (Fsp3) is 0. The Labute approximate surface area is 856 Å². The van der Waals surface area contributed by atoms with Crippen molar-refractivity contribution in [2.75, 3.05) is 0 Å². The Balaban J connectivity index is 0.000000107. The molecule has 0 aliphatic heterocycles. The lowest BCUT2D eigenvalue weighted by Crippen LogP contribution is -2.00. The van der Waals surface area contributed by atoms with Crippen LogP contribution in [0.25, 0.3) is 293 Å². The molecule has 24 aromatic carbocycles. The fourth-order valence-corrected chi connectivity index (χ4v) is 24.9. The molecule has 0 atom stereocenters. The minimum absolute atomic E-state index is 0.653. The van der Waals surface area contributed by atoms with E-state index in [9.17, 15) is 0 Å². The van der Waals surface area contributed by atoms with Gasteiger partial charge in [-0.15, -0.1) is 34.0 Å².